The van der Waals surface area contributed by atoms with Gasteiger partial charge in [0.25, 0.3) is 0 Å². The molecule has 1 aromatic carbocycles. The van der Waals surface area contributed by atoms with Crippen LogP contribution in [0.5, 0.6) is 0 Å². The number of nitrogens with one attached hydrogen (secondary N) is 2. The summed E-state index contributed by atoms with van der Waals surface area (Å²) in [6.07, 6.45) is 3.22. The van der Waals surface area contributed by atoms with Crippen LogP contribution in [0.1, 0.15) is 42.8 Å². The topological polar surface area (TPSA) is 137 Å². The van der Waals surface area contributed by atoms with E-state index in [0.717, 1.165) is 0 Å². The highest BCUT2D eigenvalue weighted by Crippen LogP contribution is 2.24. The molecule has 0 saturated carbocycles. The van der Waals surface area contributed by atoms with E-state index in [4.69, 9.17) is 16.1 Å². The van der Waals surface area contributed by atoms with Crippen molar-refractivity contribution in [1.29, 1.82) is 0 Å². The number of amides is 1. The Balaban J connectivity index is 1.43. The fourth-order valence-corrected chi connectivity index (χ4v) is 3.04. The molecule has 4 rings (SSSR count). The van der Waals surface area contributed by atoms with Crippen molar-refractivity contribution < 1.29 is 9.32 Å². The van der Waals surface area contributed by atoms with E-state index in [9.17, 15) is 4.79 Å². The molecule has 0 aliphatic carbocycles. The number of aromatic nitrogens is 7. The Hall–Kier alpha value is -3.86. The minimum atomic E-state index is -0.471. The number of aryl methyl sites for hydroxylation is 1. The smallest absolute Gasteiger partial charge is 0.315 e. The van der Waals surface area contributed by atoms with Crippen molar-refractivity contribution in [3.63, 3.8) is 0 Å². The first-order valence-corrected chi connectivity index (χ1v) is 10.4. The van der Waals surface area contributed by atoms with Crippen molar-refractivity contribution in [2.45, 2.75) is 32.7 Å². The third kappa shape index (κ3) is 5.32. The van der Waals surface area contributed by atoms with Crippen LogP contribution in [0.3, 0.4) is 0 Å². The molecule has 3 aromatic heterocycles. The van der Waals surface area contributed by atoms with Crippen LogP contribution in [0.25, 0.3) is 11.4 Å². The standard InChI is InChI=1S/C21H22ClN9O2/c1-21(2,3)19-28-18(33-30-19)17(32)23-10-13-6-5-12(9-14(13)22)16-24-11-25-20(27-16)26-15-7-8-31(4)29-15/h5-9,11H,10H2,1-4H3,(H,23,32)(H,24,25,26,27,29). The van der Waals surface area contributed by atoms with E-state index in [-0.39, 0.29) is 17.9 Å². The number of carbonyl (C=O) groups excluding carboxylic acids is 1. The molecule has 12 heteroatoms. The number of nitrogens with zero attached hydrogens (tertiary/aromatic N) is 7. The van der Waals surface area contributed by atoms with Crippen molar-refractivity contribution in [3.8, 4) is 11.4 Å². The molecule has 0 unspecified atom stereocenters. The van der Waals surface area contributed by atoms with Crippen LogP contribution in [-0.2, 0) is 19.0 Å². The van der Waals surface area contributed by atoms with Gasteiger partial charge in [-0.1, -0.05) is 49.7 Å². The van der Waals surface area contributed by atoms with Crippen molar-refractivity contribution in [2.75, 3.05) is 5.32 Å². The fourth-order valence-electron chi connectivity index (χ4n) is 2.79. The van der Waals surface area contributed by atoms with Gasteiger partial charge in [0, 0.05) is 41.9 Å². The summed E-state index contributed by atoms with van der Waals surface area (Å²) < 4.78 is 6.73. The first-order chi connectivity index (χ1) is 15.7. The SMILES string of the molecule is Cn1ccc(Nc2ncnc(-c3ccc(CNC(=O)c4nc(C(C)(C)C)no4)c(Cl)c3)n2)n1. The van der Waals surface area contributed by atoms with Crippen LogP contribution in [0, 0.1) is 0 Å². The van der Waals surface area contributed by atoms with E-state index in [0.29, 0.717) is 39.6 Å². The van der Waals surface area contributed by atoms with E-state index >= 15 is 0 Å². The van der Waals surface area contributed by atoms with Gasteiger partial charge in [-0.05, 0) is 11.6 Å². The van der Waals surface area contributed by atoms with E-state index < -0.39 is 5.91 Å². The lowest BCUT2D eigenvalue weighted by atomic mass is 9.96. The van der Waals surface area contributed by atoms with Crippen LogP contribution in [0.15, 0.2) is 41.3 Å². The largest absolute Gasteiger partial charge is 0.344 e. The Kier molecular flexibility index (Phi) is 6.05. The van der Waals surface area contributed by atoms with E-state index in [1.54, 1.807) is 16.8 Å². The van der Waals surface area contributed by atoms with Crippen LogP contribution < -0.4 is 10.6 Å². The minimum Gasteiger partial charge on any atom is -0.344 e. The lowest BCUT2D eigenvalue weighted by Crippen LogP contribution is -2.23. The summed E-state index contributed by atoms with van der Waals surface area (Å²) in [5.74, 6) is 1.33. The lowest BCUT2D eigenvalue weighted by Gasteiger charge is -2.10. The van der Waals surface area contributed by atoms with Gasteiger partial charge in [-0.25, -0.2) is 9.97 Å². The molecule has 0 bridgehead atoms. The quantitative estimate of drug-likeness (QED) is 0.437. The highest BCUT2D eigenvalue weighted by molar-refractivity contribution is 6.31. The fraction of sp³-hybridized carbons (Fsp3) is 0.286. The maximum atomic E-state index is 12.4. The normalized spacial score (nSPS) is 11.4. The molecule has 11 nitrogen and oxygen atoms in total. The van der Waals surface area contributed by atoms with Crippen LogP contribution in [0.4, 0.5) is 11.8 Å². The van der Waals surface area contributed by atoms with Gasteiger partial charge in [0.05, 0.1) is 0 Å². The zero-order chi connectivity index (χ0) is 23.6. The van der Waals surface area contributed by atoms with Crippen LogP contribution >= 0.6 is 11.6 Å². The molecule has 0 radical (unpaired) electrons. The van der Waals surface area contributed by atoms with Gasteiger partial charge in [0.1, 0.15) is 6.33 Å². The van der Waals surface area contributed by atoms with E-state index in [1.165, 1.54) is 6.33 Å². The van der Waals surface area contributed by atoms with Gasteiger partial charge >= 0.3 is 11.8 Å². The summed E-state index contributed by atoms with van der Waals surface area (Å²) in [5, 5.41) is 14.3. The third-order valence-corrected chi connectivity index (χ3v) is 4.92. The zero-order valence-corrected chi connectivity index (χ0v) is 19.3. The average molecular weight is 468 g/mol. The van der Waals surface area contributed by atoms with Crippen molar-refractivity contribution >= 4 is 29.3 Å². The molecule has 0 saturated heterocycles. The maximum Gasteiger partial charge on any atom is 0.315 e. The second-order valence-corrected chi connectivity index (χ2v) is 8.70. The molecule has 0 spiro atoms. The molecule has 0 fully saturated rings. The number of carbonyl (C=O) groups is 1. The lowest BCUT2D eigenvalue weighted by molar-refractivity contribution is 0.0907. The monoisotopic (exact) mass is 467 g/mol. The number of anilines is 2. The number of benzene rings is 1. The molecule has 4 aromatic rings. The van der Waals surface area contributed by atoms with Gasteiger partial charge in [0.15, 0.2) is 17.5 Å². The molecule has 33 heavy (non-hydrogen) atoms. The Morgan fingerprint density at radius 3 is 2.67 bits per heavy atom. The van der Waals surface area contributed by atoms with Gasteiger partial charge in [-0.2, -0.15) is 15.1 Å². The highest BCUT2D eigenvalue weighted by atomic mass is 35.5. The van der Waals surface area contributed by atoms with Crippen molar-refractivity contribution in [1.82, 2.24) is 40.2 Å². The van der Waals surface area contributed by atoms with Crippen LogP contribution in [-0.4, -0.2) is 40.8 Å². The third-order valence-electron chi connectivity index (χ3n) is 4.57. The molecule has 1 amide bonds. The molecule has 0 aliphatic rings. The van der Waals surface area contributed by atoms with Gasteiger partial charge in [-0.3, -0.25) is 9.48 Å². The zero-order valence-electron chi connectivity index (χ0n) is 18.5. The van der Waals surface area contributed by atoms with Gasteiger partial charge in [-0.15, -0.1) is 0 Å². The summed E-state index contributed by atoms with van der Waals surface area (Å²) in [6, 6.07) is 7.15. The predicted octanol–water partition coefficient (Wildman–Crippen LogP) is 3.28. The maximum absolute atomic E-state index is 12.4. The highest BCUT2D eigenvalue weighted by Gasteiger charge is 2.23. The van der Waals surface area contributed by atoms with Crippen molar-refractivity contribution in [3.05, 3.63) is 59.1 Å². The molecular weight excluding hydrogens is 446 g/mol. The molecule has 0 atom stereocenters. The number of hydrogen-bond donors (Lipinski definition) is 2. The molecule has 3 heterocycles. The Morgan fingerprint density at radius 2 is 2.00 bits per heavy atom. The van der Waals surface area contributed by atoms with Gasteiger partial charge < -0.3 is 15.2 Å². The summed E-state index contributed by atoms with van der Waals surface area (Å²) in [5.41, 5.74) is 1.10. The van der Waals surface area contributed by atoms with Crippen molar-refractivity contribution in [2.24, 2.45) is 7.05 Å². The summed E-state index contributed by atoms with van der Waals surface area (Å²) in [7, 11) is 1.82. The second kappa shape index (κ2) is 8.94. The average Bonchev–Trinajstić information content (AvgIpc) is 3.42. The molecule has 170 valence electrons. The van der Waals surface area contributed by atoms with E-state index in [1.807, 2.05) is 46.1 Å². The summed E-state index contributed by atoms with van der Waals surface area (Å²) in [6.45, 7) is 6.00. The van der Waals surface area contributed by atoms with E-state index in [2.05, 4.69) is 40.8 Å². The minimum absolute atomic E-state index is 0.0919. The first kappa shape index (κ1) is 22.3. The second-order valence-electron chi connectivity index (χ2n) is 8.29. The Labute approximate surface area is 194 Å². The molecule has 2 N–H and O–H groups in total. The summed E-state index contributed by atoms with van der Waals surface area (Å²) >= 11 is 6.44. The molecule has 0 aliphatic heterocycles. The number of halogens is 1. The summed E-state index contributed by atoms with van der Waals surface area (Å²) in [4.78, 5) is 29.3. The Morgan fingerprint density at radius 1 is 1.18 bits per heavy atom. The number of hydrogen-bond acceptors (Lipinski definition) is 9. The first-order valence-electron chi connectivity index (χ1n) is 10.1. The van der Waals surface area contributed by atoms with Gasteiger partial charge in [0.2, 0.25) is 5.95 Å². The predicted molar refractivity (Wildman–Crippen MR) is 121 cm³/mol. The molecular formula is C21H22ClN9O2. The number of rotatable bonds is 6. The van der Waals surface area contributed by atoms with Crippen LogP contribution in [0.2, 0.25) is 5.02 Å². The Bertz CT molecular complexity index is 1290.